The molecule has 0 saturated carbocycles. The Morgan fingerprint density at radius 1 is 1.33 bits per heavy atom. The number of ether oxygens (including phenoxy) is 1. The van der Waals surface area contributed by atoms with Crippen LogP contribution in [0.3, 0.4) is 0 Å². The smallest absolute Gasteiger partial charge is 0.119 e. The lowest BCUT2D eigenvalue weighted by molar-refractivity contribution is 0.247. The molecule has 1 aliphatic rings. The first kappa shape index (κ1) is 13.2. The highest BCUT2D eigenvalue weighted by Gasteiger charge is 2.20. The molecule has 4 nitrogen and oxygen atoms in total. The second-order valence-electron chi connectivity index (χ2n) is 5.00. The number of benzene rings is 1. The van der Waals surface area contributed by atoms with Gasteiger partial charge in [-0.05, 0) is 36.7 Å². The second kappa shape index (κ2) is 6.07. The number of hydrogen-bond donors (Lipinski definition) is 2. The van der Waals surface area contributed by atoms with Crippen molar-refractivity contribution in [3.05, 3.63) is 24.3 Å². The van der Waals surface area contributed by atoms with Gasteiger partial charge in [0.1, 0.15) is 5.75 Å². The van der Waals surface area contributed by atoms with Crippen LogP contribution in [0.4, 0.5) is 5.69 Å². The molecule has 0 amide bonds. The zero-order valence-electron chi connectivity index (χ0n) is 11.1. The molecule has 2 atom stereocenters. The van der Waals surface area contributed by atoms with Crippen LogP contribution in [0.5, 0.6) is 5.75 Å². The van der Waals surface area contributed by atoms with Gasteiger partial charge in [-0.1, -0.05) is 6.92 Å². The van der Waals surface area contributed by atoms with E-state index >= 15 is 0 Å². The van der Waals surface area contributed by atoms with Crippen LogP contribution < -0.4 is 15.0 Å². The lowest BCUT2D eigenvalue weighted by atomic mass is 10.1. The molecule has 1 aliphatic heterocycles. The normalized spacial score (nSPS) is 24.7. The minimum Gasteiger partial charge on any atom is -0.497 e. The molecular weight excluding hydrogens is 228 g/mol. The number of anilines is 1. The molecule has 2 unspecified atom stereocenters. The number of rotatable bonds is 3. The molecule has 1 aromatic carbocycles. The van der Waals surface area contributed by atoms with Crippen LogP contribution in [0.2, 0.25) is 0 Å². The largest absolute Gasteiger partial charge is 0.497 e. The Kier molecular flexibility index (Phi) is 4.44. The summed E-state index contributed by atoms with van der Waals surface area (Å²) >= 11 is 0. The predicted octanol–water partition coefficient (Wildman–Crippen LogP) is 1.10. The Morgan fingerprint density at radius 3 is 2.67 bits per heavy atom. The Morgan fingerprint density at radius 2 is 2.06 bits per heavy atom. The van der Waals surface area contributed by atoms with Crippen LogP contribution in [-0.2, 0) is 0 Å². The number of methoxy groups -OCH3 is 1. The van der Waals surface area contributed by atoms with E-state index in [9.17, 15) is 5.11 Å². The van der Waals surface area contributed by atoms with Crippen molar-refractivity contribution in [2.24, 2.45) is 5.92 Å². The van der Waals surface area contributed by atoms with Crippen LogP contribution in [0.15, 0.2) is 24.3 Å². The van der Waals surface area contributed by atoms with E-state index in [0.29, 0.717) is 5.92 Å². The molecule has 1 saturated heterocycles. The minimum absolute atomic E-state index is 0.150. The zero-order valence-corrected chi connectivity index (χ0v) is 11.1. The Labute approximate surface area is 109 Å². The first-order valence-electron chi connectivity index (χ1n) is 6.46. The minimum atomic E-state index is 0.150. The van der Waals surface area contributed by atoms with E-state index in [1.165, 1.54) is 5.69 Å². The fourth-order valence-electron chi connectivity index (χ4n) is 2.34. The van der Waals surface area contributed by atoms with Crippen molar-refractivity contribution in [2.45, 2.75) is 13.0 Å². The van der Waals surface area contributed by atoms with Gasteiger partial charge in [-0.25, -0.2) is 0 Å². The van der Waals surface area contributed by atoms with Crippen LogP contribution in [-0.4, -0.2) is 44.5 Å². The predicted molar refractivity (Wildman–Crippen MR) is 73.2 cm³/mol. The summed E-state index contributed by atoms with van der Waals surface area (Å²) in [6.07, 6.45) is 0. The fraction of sp³-hybridized carbons (Fsp3) is 0.571. The van der Waals surface area contributed by atoms with Gasteiger partial charge >= 0.3 is 0 Å². The van der Waals surface area contributed by atoms with Gasteiger partial charge in [0.25, 0.3) is 0 Å². The van der Waals surface area contributed by atoms with Crippen molar-refractivity contribution in [2.75, 3.05) is 38.3 Å². The quantitative estimate of drug-likeness (QED) is 0.843. The van der Waals surface area contributed by atoms with E-state index in [1.807, 2.05) is 12.1 Å². The Hall–Kier alpha value is -1.26. The lowest BCUT2D eigenvalue weighted by Gasteiger charge is -2.26. The summed E-state index contributed by atoms with van der Waals surface area (Å²) in [5.41, 5.74) is 1.18. The van der Waals surface area contributed by atoms with E-state index in [0.717, 1.165) is 25.4 Å². The average Bonchev–Trinajstić information content (AvgIpc) is 2.60. The molecule has 1 fully saturated rings. The third-order valence-corrected chi connectivity index (χ3v) is 3.39. The molecule has 0 bridgehead atoms. The molecule has 4 heteroatoms. The second-order valence-corrected chi connectivity index (χ2v) is 5.00. The highest BCUT2D eigenvalue weighted by Crippen LogP contribution is 2.21. The van der Waals surface area contributed by atoms with Gasteiger partial charge < -0.3 is 20.1 Å². The summed E-state index contributed by atoms with van der Waals surface area (Å²) in [6, 6.07) is 8.26. The summed E-state index contributed by atoms with van der Waals surface area (Å²) in [4.78, 5) is 2.32. The number of aliphatic hydroxyl groups is 1. The molecule has 2 N–H and O–H groups in total. The first-order valence-corrected chi connectivity index (χ1v) is 6.46. The third-order valence-electron chi connectivity index (χ3n) is 3.39. The zero-order chi connectivity index (χ0) is 13.0. The van der Waals surface area contributed by atoms with Crippen LogP contribution >= 0.6 is 0 Å². The van der Waals surface area contributed by atoms with Gasteiger partial charge in [-0.2, -0.15) is 0 Å². The molecule has 18 heavy (non-hydrogen) atoms. The molecule has 0 aromatic heterocycles. The third kappa shape index (κ3) is 3.15. The molecule has 0 aliphatic carbocycles. The van der Waals surface area contributed by atoms with Crippen molar-refractivity contribution in [3.8, 4) is 5.75 Å². The van der Waals surface area contributed by atoms with E-state index in [2.05, 4.69) is 29.3 Å². The van der Waals surface area contributed by atoms with E-state index in [1.54, 1.807) is 7.11 Å². The van der Waals surface area contributed by atoms with Gasteiger partial charge in [-0.15, -0.1) is 0 Å². The average molecular weight is 250 g/mol. The molecule has 0 radical (unpaired) electrons. The van der Waals surface area contributed by atoms with Crippen molar-refractivity contribution >= 4 is 5.69 Å². The van der Waals surface area contributed by atoms with E-state index in [-0.39, 0.29) is 12.6 Å². The number of aliphatic hydroxyl groups excluding tert-OH is 1. The number of nitrogens with one attached hydrogen (secondary N) is 1. The monoisotopic (exact) mass is 250 g/mol. The van der Waals surface area contributed by atoms with E-state index < -0.39 is 0 Å². The highest BCUT2D eigenvalue weighted by molar-refractivity contribution is 5.49. The lowest BCUT2D eigenvalue weighted by Crippen LogP contribution is -2.40. The number of hydrogen-bond acceptors (Lipinski definition) is 4. The SMILES string of the molecule is COc1ccc(N2CC(C)CNC(CO)C2)cc1. The summed E-state index contributed by atoms with van der Waals surface area (Å²) < 4.78 is 5.17. The summed E-state index contributed by atoms with van der Waals surface area (Å²) in [5, 5.41) is 12.7. The van der Waals surface area contributed by atoms with Gasteiger partial charge in [0.15, 0.2) is 0 Å². The summed E-state index contributed by atoms with van der Waals surface area (Å²) in [7, 11) is 1.68. The molecule has 1 aromatic rings. The van der Waals surface area contributed by atoms with Gasteiger partial charge in [0.2, 0.25) is 0 Å². The van der Waals surface area contributed by atoms with Crippen LogP contribution in [0, 0.1) is 5.92 Å². The van der Waals surface area contributed by atoms with Crippen molar-refractivity contribution in [1.29, 1.82) is 0 Å². The van der Waals surface area contributed by atoms with Gasteiger partial charge in [-0.3, -0.25) is 0 Å². The maximum Gasteiger partial charge on any atom is 0.119 e. The van der Waals surface area contributed by atoms with Crippen LogP contribution in [0.25, 0.3) is 0 Å². The highest BCUT2D eigenvalue weighted by atomic mass is 16.5. The maximum atomic E-state index is 9.34. The molecule has 0 spiro atoms. The van der Waals surface area contributed by atoms with Crippen molar-refractivity contribution < 1.29 is 9.84 Å². The van der Waals surface area contributed by atoms with Crippen molar-refractivity contribution in [1.82, 2.24) is 5.32 Å². The van der Waals surface area contributed by atoms with E-state index in [4.69, 9.17) is 4.74 Å². The fourth-order valence-corrected chi connectivity index (χ4v) is 2.34. The standard InChI is InChI=1S/C14H22N2O2/c1-11-7-15-12(10-17)9-16(8-11)13-3-5-14(18-2)6-4-13/h3-6,11-12,15,17H,7-10H2,1-2H3. The Bertz CT molecular complexity index is 367. The molecule has 2 rings (SSSR count). The van der Waals surface area contributed by atoms with Gasteiger partial charge in [0, 0.05) is 24.8 Å². The summed E-state index contributed by atoms with van der Waals surface area (Å²) in [6.45, 7) is 5.21. The number of nitrogens with zero attached hydrogens (tertiary/aromatic N) is 1. The maximum absolute atomic E-state index is 9.34. The molecule has 1 heterocycles. The van der Waals surface area contributed by atoms with Gasteiger partial charge in [0.05, 0.1) is 13.7 Å². The van der Waals surface area contributed by atoms with Crippen molar-refractivity contribution in [3.63, 3.8) is 0 Å². The molecule has 100 valence electrons. The Balaban J connectivity index is 2.12. The van der Waals surface area contributed by atoms with Crippen LogP contribution in [0.1, 0.15) is 6.92 Å². The first-order chi connectivity index (χ1) is 8.72. The topological polar surface area (TPSA) is 44.7 Å². The molecular formula is C14H22N2O2. The summed E-state index contributed by atoms with van der Waals surface area (Å²) in [5.74, 6) is 1.45.